The van der Waals surface area contributed by atoms with Crippen molar-refractivity contribution in [1.29, 1.82) is 0 Å². The number of amides is 1. The number of rotatable bonds is 8. The van der Waals surface area contributed by atoms with Crippen LogP contribution in [0.1, 0.15) is 38.3 Å². The molecule has 156 valence electrons. The number of carbonyl (C=O) groups excluding carboxylic acids is 1. The summed E-state index contributed by atoms with van der Waals surface area (Å²) >= 11 is 0. The van der Waals surface area contributed by atoms with Crippen LogP contribution in [0.4, 0.5) is 0 Å². The zero-order valence-corrected chi connectivity index (χ0v) is 17.3. The van der Waals surface area contributed by atoms with Crippen LogP contribution in [-0.2, 0) is 9.59 Å². The fourth-order valence-electron chi connectivity index (χ4n) is 4.17. The topological polar surface area (TPSA) is 72.9 Å². The molecule has 0 aromatic heterocycles. The third-order valence-electron chi connectivity index (χ3n) is 5.84. The van der Waals surface area contributed by atoms with E-state index in [1.807, 2.05) is 30.9 Å². The van der Waals surface area contributed by atoms with E-state index >= 15 is 0 Å². The molecule has 1 unspecified atom stereocenters. The number of hydrogen-bond acceptors (Lipinski definition) is 4. The van der Waals surface area contributed by atoms with Gasteiger partial charge in [0.05, 0.1) is 19.1 Å². The standard InChI is InChI=1S/C23H31N3O3/c1-3-26(16-23(28)29)21-10-12-25(13-11-21)15-22(27)24-17(2)19-9-8-18-6-4-5-7-20(18)14-19/h4-9,14,17,21H,3,10-13,15-16H2,1-2H3,(H,24,27)(H,28,29). The second-order valence-electron chi connectivity index (χ2n) is 7.86. The van der Waals surface area contributed by atoms with Gasteiger partial charge in [-0.1, -0.05) is 43.3 Å². The van der Waals surface area contributed by atoms with Crippen LogP contribution in [0.2, 0.25) is 0 Å². The van der Waals surface area contributed by atoms with Crippen molar-refractivity contribution in [3.63, 3.8) is 0 Å². The monoisotopic (exact) mass is 397 g/mol. The Hall–Kier alpha value is -2.44. The summed E-state index contributed by atoms with van der Waals surface area (Å²) in [6.45, 7) is 6.86. The van der Waals surface area contributed by atoms with Crippen molar-refractivity contribution < 1.29 is 14.7 Å². The quantitative estimate of drug-likeness (QED) is 0.717. The molecule has 3 rings (SSSR count). The Bertz CT molecular complexity index is 846. The van der Waals surface area contributed by atoms with E-state index in [1.165, 1.54) is 10.8 Å². The van der Waals surface area contributed by atoms with Crippen molar-refractivity contribution in [2.75, 3.05) is 32.7 Å². The Morgan fingerprint density at radius 2 is 1.86 bits per heavy atom. The lowest BCUT2D eigenvalue weighted by Crippen LogP contribution is -2.48. The van der Waals surface area contributed by atoms with Crippen molar-refractivity contribution in [3.8, 4) is 0 Å². The average molecular weight is 398 g/mol. The Labute approximate surface area is 172 Å². The Balaban J connectivity index is 1.48. The Morgan fingerprint density at radius 1 is 1.17 bits per heavy atom. The number of nitrogens with one attached hydrogen (secondary N) is 1. The highest BCUT2D eigenvalue weighted by Crippen LogP contribution is 2.20. The van der Waals surface area contributed by atoms with Gasteiger partial charge >= 0.3 is 5.97 Å². The summed E-state index contributed by atoms with van der Waals surface area (Å²) in [5, 5.41) is 14.5. The first-order valence-electron chi connectivity index (χ1n) is 10.4. The highest BCUT2D eigenvalue weighted by atomic mass is 16.4. The maximum absolute atomic E-state index is 12.5. The number of fused-ring (bicyclic) bond motifs is 1. The van der Waals surface area contributed by atoms with Crippen LogP contribution in [0.15, 0.2) is 42.5 Å². The molecule has 2 N–H and O–H groups in total. The number of likely N-dealkylation sites (N-methyl/N-ethyl adjacent to an activating group) is 1. The molecular weight excluding hydrogens is 366 g/mol. The van der Waals surface area contributed by atoms with Crippen molar-refractivity contribution in [2.45, 2.75) is 38.8 Å². The molecule has 2 aromatic rings. The van der Waals surface area contributed by atoms with Crippen molar-refractivity contribution in [2.24, 2.45) is 0 Å². The lowest BCUT2D eigenvalue weighted by Gasteiger charge is -2.37. The number of aliphatic carboxylic acids is 1. The van der Waals surface area contributed by atoms with Crippen molar-refractivity contribution in [1.82, 2.24) is 15.1 Å². The smallest absolute Gasteiger partial charge is 0.317 e. The average Bonchev–Trinajstić information content (AvgIpc) is 2.72. The second-order valence-corrected chi connectivity index (χ2v) is 7.86. The number of carboxylic acid groups (broad SMARTS) is 1. The SMILES string of the molecule is CCN(CC(=O)O)C1CCN(CC(=O)NC(C)c2ccc3ccccc3c2)CC1. The number of carboxylic acids is 1. The molecule has 0 bridgehead atoms. The summed E-state index contributed by atoms with van der Waals surface area (Å²) in [6, 6.07) is 14.8. The van der Waals surface area contributed by atoms with Gasteiger partial charge in [-0.2, -0.15) is 0 Å². The van der Waals surface area contributed by atoms with Gasteiger partial charge < -0.3 is 10.4 Å². The van der Waals surface area contributed by atoms with Crippen LogP contribution in [-0.4, -0.2) is 65.5 Å². The molecule has 1 fully saturated rings. The first-order chi connectivity index (χ1) is 14.0. The number of nitrogens with zero attached hydrogens (tertiary/aromatic N) is 2. The predicted octanol–water partition coefficient (Wildman–Crippen LogP) is 2.89. The van der Waals surface area contributed by atoms with Crippen LogP contribution < -0.4 is 5.32 Å². The molecule has 1 aliphatic heterocycles. The van der Waals surface area contributed by atoms with E-state index < -0.39 is 5.97 Å². The summed E-state index contributed by atoms with van der Waals surface area (Å²) in [6.07, 6.45) is 1.79. The van der Waals surface area contributed by atoms with Gasteiger partial charge in [-0.3, -0.25) is 19.4 Å². The van der Waals surface area contributed by atoms with Gasteiger partial charge in [-0.05, 0) is 48.7 Å². The zero-order valence-electron chi connectivity index (χ0n) is 17.3. The van der Waals surface area contributed by atoms with E-state index in [0.717, 1.165) is 38.0 Å². The molecule has 1 saturated heterocycles. The first-order valence-corrected chi connectivity index (χ1v) is 10.4. The summed E-state index contributed by atoms with van der Waals surface area (Å²) < 4.78 is 0. The van der Waals surface area contributed by atoms with E-state index in [1.54, 1.807) is 0 Å². The molecule has 0 saturated carbocycles. The van der Waals surface area contributed by atoms with Crippen LogP contribution in [0, 0.1) is 0 Å². The molecule has 1 amide bonds. The van der Waals surface area contributed by atoms with E-state index in [9.17, 15) is 9.59 Å². The van der Waals surface area contributed by atoms with Gasteiger partial charge in [0.15, 0.2) is 0 Å². The number of carbonyl (C=O) groups is 2. The minimum absolute atomic E-state index is 0.0296. The third-order valence-corrected chi connectivity index (χ3v) is 5.84. The van der Waals surface area contributed by atoms with Gasteiger partial charge in [0.1, 0.15) is 0 Å². The van der Waals surface area contributed by atoms with E-state index in [-0.39, 0.29) is 24.5 Å². The summed E-state index contributed by atoms with van der Waals surface area (Å²) in [4.78, 5) is 27.7. The molecule has 2 aromatic carbocycles. The van der Waals surface area contributed by atoms with Crippen molar-refractivity contribution >= 4 is 22.6 Å². The minimum Gasteiger partial charge on any atom is -0.480 e. The maximum Gasteiger partial charge on any atom is 0.317 e. The Morgan fingerprint density at radius 3 is 2.52 bits per heavy atom. The molecule has 1 heterocycles. The van der Waals surface area contributed by atoms with Gasteiger partial charge in [0.25, 0.3) is 0 Å². The predicted molar refractivity (Wildman–Crippen MR) is 115 cm³/mol. The summed E-state index contributed by atoms with van der Waals surface area (Å²) in [5.74, 6) is -0.752. The largest absolute Gasteiger partial charge is 0.480 e. The molecule has 0 aliphatic carbocycles. The van der Waals surface area contributed by atoms with Crippen molar-refractivity contribution in [3.05, 3.63) is 48.0 Å². The highest BCUT2D eigenvalue weighted by molar-refractivity contribution is 5.83. The highest BCUT2D eigenvalue weighted by Gasteiger charge is 2.26. The van der Waals surface area contributed by atoms with Gasteiger partial charge in [0, 0.05) is 19.1 Å². The number of benzene rings is 2. The second kappa shape index (κ2) is 9.85. The number of hydrogen-bond donors (Lipinski definition) is 2. The lowest BCUT2D eigenvalue weighted by atomic mass is 10.0. The number of piperidine rings is 1. The molecule has 0 radical (unpaired) electrons. The summed E-state index contributed by atoms with van der Waals surface area (Å²) in [5.41, 5.74) is 1.10. The van der Waals surface area contributed by atoms with Crippen LogP contribution in [0.5, 0.6) is 0 Å². The fraction of sp³-hybridized carbons (Fsp3) is 0.478. The zero-order chi connectivity index (χ0) is 20.8. The lowest BCUT2D eigenvalue weighted by molar-refractivity contribution is -0.139. The fourth-order valence-corrected chi connectivity index (χ4v) is 4.17. The van der Waals surface area contributed by atoms with Crippen LogP contribution in [0.25, 0.3) is 10.8 Å². The molecular formula is C23H31N3O3. The van der Waals surface area contributed by atoms with Gasteiger partial charge in [-0.15, -0.1) is 0 Å². The molecule has 1 atom stereocenters. The summed E-state index contributed by atoms with van der Waals surface area (Å²) in [7, 11) is 0. The van der Waals surface area contributed by atoms with E-state index in [2.05, 4.69) is 40.5 Å². The van der Waals surface area contributed by atoms with Crippen LogP contribution >= 0.6 is 0 Å². The molecule has 1 aliphatic rings. The van der Waals surface area contributed by atoms with Crippen LogP contribution in [0.3, 0.4) is 0 Å². The molecule has 6 nitrogen and oxygen atoms in total. The van der Waals surface area contributed by atoms with Gasteiger partial charge in [0.2, 0.25) is 5.91 Å². The van der Waals surface area contributed by atoms with E-state index in [0.29, 0.717) is 6.54 Å². The van der Waals surface area contributed by atoms with E-state index in [4.69, 9.17) is 5.11 Å². The first kappa shape index (κ1) is 21.3. The molecule has 0 spiro atoms. The molecule has 29 heavy (non-hydrogen) atoms. The third kappa shape index (κ3) is 5.78. The minimum atomic E-state index is -0.781. The molecule has 6 heteroatoms. The number of likely N-dealkylation sites (tertiary alicyclic amines) is 1. The maximum atomic E-state index is 12.5. The normalized spacial score (nSPS) is 16.8. The Kier molecular flexibility index (Phi) is 7.23. The van der Waals surface area contributed by atoms with Gasteiger partial charge in [-0.25, -0.2) is 0 Å².